The van der Waals surface area contributed by atoms with Crippen LogP contribution >= 0.6 is 0 Å². The molecule has 0 spiro atoms. The van der Waals surface area contributed by atoms with Crippen LogP contribution in [0.3, 0.4) is 0 Å². The van der Waals surface area contributed by atoms with Crippen molar-refractivity contribution in [2.24, 2.45) is 5.92 Å². The predicted octanol–water partition coefficient (Wildman–Crippen LogP) is 3.22. The van der Waals surface area contributed by atoms with Crippen LogP contribution in [0, 0.1) is 12.8 Å². The summed E-state index contributed by atoms with van der Waals surface area (Å²) in [6, 6.07) is 1.53. The van der Waals surface area contributed by atoms with Crippen LogP contribution in [-0.2, 0) is 11.3 Å². The summed E-state index contributed by atoms with van der Waals surface area (Å²) in [4.78, 5) is 25.0. The molecule has 2 rings (SSSR count). The Balaban J connectivity index is 2.04. The molecule has 0 radical (unpaired) electrons. The van der Waals surface area contributed by atoms with Gasteiger partial charge in [0.2, 0.25) is 11.7 Å². The Morgan fingerprint density at radius 3 is 2.86 bits per heavy atom. The van der Waals surface area contributed by atoms with Crippen LogP contribution in [0.1, 0.15) is 60.9 Å². The molecule has 5 heteroatoms. The molecular formula is C16H23NO4. The van der Waals surface area contributed by atoms with Crippen LogP contribution < -0.4 is 0 Å². The Morgan fingerprint density at radius 1 is 1.48 bits per heavy atom. The Bertz CT molecular complexity index is 520. The average Bonchev–Trinajstić information content (AvgIpc) is 2.72. The van der Waals surface area contributed by atoms with E-state index < -0.39 is 5.97 Å². The van der Waals surface area contributed by atoms with Crippen LogP contribution in [0.4, 0.5) is 0 Å². The average molecular weight is 293 g/mol. The highest BCUT2D eigenvalue weighted by Crippen LogP contribution is 2.25. The first-order valence-corrected chi connectivity index (χ1v) is 7.61. The molecule has 0 aromatic carbocycles. The van der Waals surface area contributed by atoms with Gasteiger partial charge in [-0.25, -0.2) is 4.79 Å². The molecule has 1 fully saturated rings. The number of rotatable bonds is 5. The van der Waals surface area contributed by atoms with Gasteiger partial charge in [-0.15, -0.1) is 0 Å². The van der Waals surface area contributed by atoms with Crippen LogP contribution in [0.5, 0.6) is 0 Å². The highest BCUT2D eigenvalue weighted by molar-refractivity contribution is 5.84. The smallest absolute Gasteiger partial charge is 0.371 e. The first-order valence-electron chi connectivity index (χ1n) is 7.61. The largest absolute Gasteiger partial charge is 0.475 e. The Morgan fingerprint density at radius 2 is 2.24 bits per heavy atom. The van der Waals surface area contributed by atoms with Crippen molar-refractivity contribution in [3.8, 4) is 0 Å². The summed E-state index contributed by atoms with van der Waals surface area (Å²) in [5.41, 5.74) is 0.787. The number of likely N-dealkylation sites (tertiary alicyclic amines) is 1. The number of aromatic carboxylic acids is 1. The Hall–Kier alpha value is -1.78. The second-order valence-electron chi connectivity index (χ2n) is 5.79. The molecule has 0 saturated carbocycles. The molecule has 1 unspecified atom stereocenters. The van der Waals surface area contributed by atoms with Crippen LogP contribution in [0.25, 0.3) is 0 Å². The molecule has 5 nitrogen and oxygen atoms in total. The molecule has 0 bridgehead atoms. The number of carboxylic acid groups (broad SMARTS) is 1. The third kappa shape index (κ3) is 3.86. The summed E-state index contributed by atoms with van der Waals surface area (Å²) >= 11 is 0. The minimum Gasteiger partial charge on any atom is -0.475 e. The fourth-order valence-electron chi connectivity index (χ4n) is 2.95. The van der Waals surface area contributed by atoms with Crippen LogP contribution in [0.2, 0.25) is 0 Å². The molecular weight excluding hydrogens is 270 g/mol. The quantitative estimate of drug-likeness (QED) is 0.905. The van der Waals surface area contributed by atoms with Crippen molar-refractivity contribution >= 4 is 11.9 Å². The minimum absolute atomic E-state index is 0.0615. The lowest BCUT2D eigenvalue weighted by atomic mass is 9.96. The molecule has 1 atom stereocenters. The third-order valence-corrected chi connectivity index (χ3v) is 4.22. The monoisotopic (exact) mass is 293 g/mol. The molecule has 0 aliphatic carbocycles. The van der Waals surface area contributed by atoms with Crippen molar-refractivity contribution in [2.75, 3.05) is 6.54 Å². The van der Waals surface area contributed by atoms with Crippen molar-refractivity contribution < 1.29 is 19.1 Å². The number of carbonyl (C=O) groups excluding carboxylic acids is 1. The first-order chi connectivity index (χ1) is 10.0. The van der Waals surface area contributed by atoms with E-state index in [-0.39, 0.29) is 11.7 Å². The minimum atomic E-state index is -1.07. The van der Waals surface area contributed by atoms with Crippen molar-refractivity contribution in [3.05, 3.63) is 23.2 Å². The fourth-order valence-corrected chi connectivity index (χ4v) is 2.95. The molecule has 1 saturated heterocycles. The number of furan rings is 1. The molecule has 1 aliphatic heterocycles. The van der Waals surface area contributed by atoms with E-state index >= 15 is 0 Å². The number of carboxylic acids is 1. The number of carbonyl (C=O) groups is 2. The molecule has 1 N–H and O–H groups in total. The summed E-state index contributed by atoms with van der Waals surface area (Å²) in [5.74, 6) is 0.229. The lowest BCUT2D eigenvalue weighted by Gasteiger charge is -2.20. The van der Waals surface area contributed by atoms with Gasteiger partial charge in [0.05, 0.1) is 0 Å². The normalized spacial score (nSPS) is 19.6. The SMILES string of the molecule is CCCC1CCC(=O)N(Cc2cc(C(=O)O)oc2C)CC1. The molecule has 21 heavy (non-hydrogen) atoms. The zero-order valence-corrected chi connectivity index (χ0v) is 12.7. The van der Waals surface area contributed by atoms with Crippen LogP contribution in [0.15, 0.2) is 10.5 Å². The van der Waals surface area contributed by atoms with Gasteiger partial charge in [0.15, 0.2) is 0 Å². The summed E-state index contributed by atoms with van der Waals surface area (Å²) in [7, 11) is 0. The van der Waals surface area contributed by atoms with E-state index in [1.165, 1.54) is 12.5 Å². The van der Waals surface area contributed by atoms with E-state index in [0.29, 0.717) is 24.6 Å². The standard InChI is InChI=1S/C16H23NO4/c1-3-4-12-5-6-15(18)17(8-7-12)10-13-9-14(16(19)20)21-11(13)2/h9,12H,3-8,10H2,1-2H3,(H,19,20). The van der Waals surface area contributed by atoms with Crippen molar-refractivity contribution in [1.29, 1.82) is 0 Å². The van der Waals surface area contributed by atoms with Crippen LogP contribution in [-0.4, -0.2) is 28.4 Å². The maximum absolute atomic E-state index is 12.2. The lowest BCUT2D eigenvalue weighted by molar-refractivity contribution is -0.131. The van der Waals surface area contributed by atoms with Gasteiger partial charge < -0.3 is 14.4 Å². The first kappa shape index (κ1) is 15.6. The molecule has 116 valence electrons. The fraction of sp³-hybridized carbons (Fsp3) is 0.625. The van der Waals surface area contributed by atoms with Gasteiger partial charge in [-0.2, -0.15) is 0 Å². The van der Waals surface area contributed by atoms with Gasteiger partial charge in [-0.3, -0.25) is 4.79 Å². The van der Waals surface area contributed by atoms with Crippen molar-refractivity contribution in [3.63, 3.8) is 0 Å². The van der Waals surface area contributed by atoms with Gasteiger partial charge in [0.25, 0.3) is 0 Å². The van der Waals surface area contributed by atoms with E-state index in [1.54, 1.807) is 6.92 Å². The third-order valence-electron chi connectivity index (χ3n) is 4.22. The van der Waals surface area contributed by atoms with Crippen molar-refractivity contribution in [2.45, 2.75) is 52.5 Å². The number of amides is 1. The Labute approximate surface area is 124 Å². The van der Waals surface area contributed by atoms with Gasteiger partial charge in [0.1, 0.15) is 5.76 Å². The van der Waals surface area contributed by atoms with E-state index in [4.69, 9.17) is 9.52 Å². The second kappa shape index (κ2) is 6.78. The number of hydrogen-bond donors (Lipinski definition) is 1. The van der Waals surface area contributed by atoms with E-state index in [0.717, 1.165) is 31.4 Å². The predicted molar refractivity (Wildman–Crippen MR) is 78.1 cm³/mol. The number of hydrogen-bond acceptors (Lipinski definition) is 3. The second-order valence-corrected chi connectivity index (χ2v) is 5.79. The van der Waals surface area contributed by atoms with Gasteiger partial charge in [-0.1, -0.05) is 19.8 Å². The highest BCUT2D eigenvalue weighted by atomic mass is 16.4. The van der Waals surface area contributed by atoms with Gasteiger partial charge in [0, 0.05) is 25.1 Å². The van der Waals surface area contributed by atoms with E-state index in [2.05, 4.69) is 6.92 Å². The summed E-state index contributed by atoms with van der Waals surface area (Å²) in [6.07, 6.45) is 4.92. The zero-order valence-electron chi connectivity index (χ0n) is 12.7. The zero-order chi connectivity index (χ0) is 15.4. The summed E-state index contributed by atoms with van der Waals surface area (Å²) in [5, 5.41) is 8.94. The highest BCUT2D eigenvalue weighted by Gasteiger charge is 2.24. The number of nitrogens with zero attached hydrogens (tertiary/aromatic N) is 1. The molecule has 1 aromatic rings. The Kier molecular flexibility index (Phi) is 5.04. The molecule has 1 aromatic heterocycles. The summed E-state index contributed by atoms with van der Waals surface area (Å²) < 4.78 is 5.21. The van der Waals surface area contributed by atoms with E-state index in [1.807, 2.05) is 4.90 Å². The number of aryl methyl sites for hydroxylation is 1. The van der Waals surface area contributed by atoms with E-state index in [9.17, 15) is 9.59 Å². The summed E-state index contributed by atoms with van der Waals surface area (Å²) in [6.45, 7) is 5.10. The molecule has 2 heterocycles. The maximum Gasteiger partial charge on any atom is 0.371 e. The maximum atomic E-state index is 12.2. The van der Waals surface area contributed by atoms with Gasteiger partial charge in [-0.05, 0) is 31.7 Å². The van der Waals surface area contributed by atoms with Crippen molar-refractivity contribution in [1.82, 2.24) is 4.90 Å². The topological polar surface area (TPSA) is 70.8 Å². The lowest BCUT2D eigenvalue weighted by Crippen LogP contribution is -2.29. The molecule has 1 amide bonds. The van der Waals surface area contributed by atoms with Gasteiger partial charge >= 0.3 is 5.97 Å². The molecule has 1 aliphatic rings.